The van der Waals surface area contributed by atoms with Gasteiger partial charge in [0.05, 0.1) is 24.0 Å². The van der Waals surface area contributed by atoms with Gasteiger partial charge in [0.2, 0.25) is 11.8 Å². The summed E-state index contributed by atoms with van der Waals surface area (Å²) in [5, 5.41) is 5.30. The Balaban J connectivity index is 1.83. The standard InChI is InChI=1S/C23H31N3O2S/c1-16-13-25(18-9-6-7-10-19(18)26(14-16)17(2)27)15-21(28)24-22(23(3,4)5)20-11-8-12-29-20/h6-12,16,22H,13-15H2,1-5H3,(H,24,28)/t16-,22+/m0/s1. The smallest absolute Gasteiger partial charge is 0.240 e. The molecule has 1 N–H and O–H groups in total. The lowest BCUT2D eigenvalue weighted by Gasteiger charge is -2.32. The molecule has 29 heavy (non-hydrogen) atoms. The van der Waals surface area contributed by atoms with E-state index in [9.17, 15) is 9.59 Å². The third-order valence-electron chi connectivity index (χ3n) is 5.25. The molecule has 2 atom stereocenters. The Morgan fingerprint density at radius 1 is 1.14 bits per heavy atom. The van der Waals surface area contributed by atoms with E-state index in [4.69, 9.17) is 0 Å². The van der Waals surface area contributed by atoms with Crippen molar-refractivity contribution in [2.24, 2.45) is 11.3 Å². The Kier molecular flexibility index (Phi) is 6.32. The number of rotatable bonds is 4. The highest BCUT2D eigenvalue weighted by molar-refractivity contribution is 7.10. The van der Waals surface area contributed by atoms with Gasteiger partial charge in [0.25, 0.3) is 0 Å². The van der Waals surface area contributed by atoms with Crippen LogP contribution in [0.15, 0.2) is 41.8 Å². The van der Waals surface area contributed by atoms with Gasteiger partial charge in [-0.05, 0) is 34.9 Å². The van der Waals surface area contributed by atoms with Crippen LogP contribution >= 0.6 is 11.3 Å². The van der Waals surface area contributed by atoms with E-state index in [1.807, 2.05) is 40.6 Å². The van der Waals surface area contributed by atoms with Crippen molar-refractivity contribution in [3.8, 4) is 0 Å². The van der Waals surface area contributed by atoms with E-state index in [0.717, 1.165) is 17.9 Å². The molecule has 0 spiro atoms. The fourth-order valence-electron chi connectivity index (χ4n) is 3.90. The van der Waals surface area contributed by atoms with Crippen molar-refractivity contribution in [1.82, 2.24) is 5.32 Å². The first-order valence-electron chi connectivity index (χ1n) is 10.1. The molecule has 0 bridgehead atoms. The van der Waals surface area contributed by atoms with Crippen molar-refractivity contribution in [3.63, 3.8) is 0 Å². The van der Waals surface area contributed by atoms with E-state index in [1.165, 1.54) is 4.88 Å². The van der Waals surface area contributed by atoms with E-state index in [1.54, 1.807) is 18.3 Å². The number of thiophene rings is 1. The van der Waals surface area contributed by atoms with Gasteiger partial charge in [-0.3, -0.25) is 9.59 Å². The number of hydrogen-bond donors (Lipinski definition) is 1. The van der Waals surface area contributed by atoms with Crippen molar-refractivity contribution in [3.05, 3.63) is 46.7 Å². The van der Waals surface area contributed by atoms with Gasteiger partial charge in [0.1, 0.15) is 0 Å². The number of amides is 2. The van der Waals surface area contributed by atoms with Crippen molar-refractivity contribution >= 4 is 34.5 Å². The van der Waals surface area contributed by atoms with Gasteiger partial charge < -0.3 is 15.1 Å². The number of hydrogen-bond acceptors (Lipinski definition) is 4. The molecule has 1 aliphatic rings. The van der Waals surface area contributed by atoms with Gasteiger partial charge in [0, 0.05) is 24.9 Å². The summed E-state index contributed by atoms with van der Waals surface area (Å²) in [7, 11) is 0. The quantitative estimate of drug-likeness (QED) is 0.805. The average molecular weight is 414 g/mol. The topological polar surface area (TPSA) is 52.7 Å². The third kappa shape index (κ3) is 4.99. The zero-order valence-electron chi connectivity index (χ0n) is 17.9. The summed E-state index contributed by atoms with van der Waals surface area (Å²) < 4.78 is 0. The first-order valence-corrected chi connectivity index (χ1v) is 11.0. The van der Waals surface area contributed by atoms with Gasteiger partial charge in [-0.2, -0.15) is 0 Å². The molecule has 0 radical (unpaired) electrons. The van der Waals surface area contributed by atoms with Crippen LogP contribution in [-0.4, -0.2) is 31.4 Å². The molecule has 156 valence electrons. The van der Waals surface area contributed by atoms with Crippen molar-refractivity contribution < 1.29 is 9.59 Å². The predicted octanol–water partition coefficient (Wildman–Crippen LogP) is 4.46. The zero-order chi connectivity index (χ0) is 21.2. The second kappa shape index (κ2) is 8.57. The number of carbonyl (C=O) groups is 2. The van der Waals surface area contributed by atoms with Gasteiger partial charge >= 0.3 is 0 Å². The molecule has 1 aromatic carbocycles. The van der Waals surface area contributed by atoms with E-state index < -0.39 is 0 Å². The van der Waals surface area contributed by atoms with Crippen LogP contribution in [0.1, 0.15) is 45.5 Å². The summed E-state index contributed by atoms with van der Waals surface area (Å²) in [5.74, 6) is 0.285. The molecule has 3 rings (SSSR count). The Bertz CT molecular complexity index is 857. The van der Waals surface area contributed by atoms with Crippen LogP contribution in [0.3, 0.4) is 0 Å². The fourth-order valence-corrected chi connectivity index (χ4v) is 4.92. The first-order chi connectivity index (χ1) is 13.7. The van der Waals surface area contributed by atoms with Gasteiger partial charge in [0.15, 0.2) is 0 Å². The van der Waals surface area contributed by atoms with Crippen molar-refractivity contribution in [2.45, 2.75) is 40.7 Å². The number of para-hydroxylation sites is 2. The van der Waals surface area contributed by atoms with Gasteiger partial charge in [-0.15, -0.1) is 11.3 Å². The molecule has 6 heteroatoms. The Morgan fingerprint density at radius 3 is 2.41 bits per heavy atom. The number of nitrogens with zero attached hydrogens (tertiary/aromatic N) is 2. The van der Waals surface area contributed by atoms with Crippen LogP contribution in [0.25, 0.3) is 0 Å². The largest absolute Gasteiger partial charge is 0.360 e. The second-order valence-corrected chi connectivity index (χ2v) is 9.97. The molecular weight excluding hydrogens is 382 g/mol. The molecule has 0 fully saturated rings. The minimum Gasteiger partial charge on any atom is -0.360 e. The number of benzene rings is 1. The monoisotopic (exact) mass is 413 g/mol. The molecule has 0 aliphatic carbocycles. The highest BCUT2D eigenvalue weighted by atomic mass is 32.1. The Labute approximate surface area is 177 Å². The summed E-state index contributed by atoms with van der Waals surface area (Å²) in [6, 6.07) is 11.9. The maximum absolute atomic E-state index is 13.1. The lowest BCUT2D eigenvalue weighted by Crippen LogP contribution is -2.43. The molecule has 0 saturated heterocycles. The van der Waals surface area contributed by atoms with Crippen molar-refractivity contribution in [2.75, 3.05) is 29.4 Å². The maximum Gasteiger partial charge on any atom is 0.240 e. The molecule has 0 saturated carbocycles. The summed E-state index contributed by atoms with van der Waals surface area (Å²) in [5.41, 5.74) is 1.73. The third-order valence-corrected chi connectivity index (χ3v) is 6.19. The van der Waals surface area contributed by atoms with E-state index >= 15 is 0 Å². The van der Waals surface area contributed by atoms with Gasteiger partial charge in [-0.25, -0.2) is 0 Å². The highest BCUT2D eigenvalue weighted by Gasteiger charge is 2.31. The zero-order valence-corrected chi connectivity index (χ0v) is 18.8. The molecule has 1 aliphatic heterocycles. The van der Waals surface area contributed by atoms with Crippen LogP contribution < -0.4 is 15.1 Å². The summed E-state index contributed by atoms with van der Waals surface area (Å²) >= 11 is 1.67. The summed E-state index contributed by atoms with van der Waals surface area (Å²) in [6.07, 6.45) is 0. The number of anilines is 2. The van der Waals surface area contributed by atoms with E-state index in [0.29, 0.717) is 6.54 Å². The Morgan fingerprint density at radius 2 is 1.83 bits per heavy atom. The Hall–Kier alpha value is -2.34. The maximum atomic E-state index is 13.1. The molecule has 2 aromatic rings. The number of nitrogens with one attached hydrogen (secondary N) is 1. The molecule has 0 unspecified atom stereocenters. The van der Waals surface area contributed by atoms with Crippen LogP contribution in [0.2, 0.25) is 0 Å². The highest BCUT2D eigenvalue weighted by Crippen LogP contribution is 2.36. The van der Waals surface area contributed by atoms with E-state index in [-0.39, 0.29) is 35.7 Å². The van der Waals surface area contributed by atoms with Crippen LogP contribution in [-0.2, 0) is 9.59 Å². The SMILES string of the molecule is CC(=O)N1C[C@@H](C)CN(CC(=O)N[C@H](c2cccs2)C(C)(C)C)c2ccccc21. The lowest BCUT2D eigenvalue weighted by atomic mass is 9.85. The van der Waals surface area contributed by atoms with E-state index in [2.05, 4.69) is 44.0 Å². The summed E-state index contributed by atoms with van der Waals surface area (Å²) in [4.78, 5) is 30.4. The number of fused-ring (bicyclic) bond motifs is 1. The molecule has 2 heterocycles. The second-order valence-electron chi connectivity index (χ2n) is 8.99. The number of carbonyl (C=O) groups excluding carboxylic acids is 2. The first kappa shape index (κ1) is 21.4. The predicted molar refractivity (Wildman–Crippen MR) is 121 cm³/mol. The average Bonchev–Trinajstić information content (AvgIpc) is 3.12. The molecule has 5 nitrogen and oxygen atoms in total. The lowest BCUT2D eigenvalue weighted by molar-refractivity contribution is -0.121. The van der Waals surface area contributed by atoms with Crippen LogP contribution in [0.5, 0.6) is 0 Å². The molecule has 2 amide bonds. The summed E-state index contributed by atoms with van der Waals surface area (Å²) in [6.45, 7) is 11.8. The van der Waals surface area contributed by atoms with Crippen LogP contribution in [0.4, 0.5) is 11.4 Å². The normalized spacial score (nSPS) is 18.0. The molecular formula is C23H31N3O2S. The van der Waals surface area contributed by atoms with Crippen molar-refractivity contribution in [1.29, 1.82) is 0 Å². The molecule has 1 aromatic heterocycles. The fraction of sp³-hybridized carbons (Fsp3) is 0.478. The minimum absolute atomic E-state index is 0.00315. The minimum atomic E-state index is -0.0874. The van der Waals surface area contributed by atoms with Gasteiger partial charge in [-0.1, -0.05) is 45.9 Å². The van der Waals surface area contributed by atoms with Crippen LogP contribution in [0, 0.1) is 11.3 Å².